The molecule has 0 unspecified atom stereocenters. The van der Waals surface area contributed by atoms with Crippen molar-refractivity contribution in [1.29, 1.82) is 0 Å². The second kappa shape index (κ2) is 12.3. The second-order valence-corrected chi connectivity index (χ2v) is 18.2. The monoisotopic (exact) mass is 748 g/mol. The van der Waals surface area contributed by atoms with Crippen molar-refractivity contribution in [3.8, 4) is 11.5 Å². The van der Waals surface area contributed by atoms with Crippen LogP contribution in [-0.4, -0.2) is 22.4 Å². The van der Waals surface area contributed by atoms with E-state index < -0.39 is 8.07 Å². The molecule has 11 aromatic rings. The van der Waals surface area contributed by atoms with Crippen LogP contribution in [0.25, 0.3) is 49.3 Å². The van der Waals surface area contributed by atoms with E-state index in [1.165, 1.54) is 15.6 Å². The average molecular weight is 749 g/mol. The third-order valence-corrected chi connectivity index (χ3v) is 16.5. The molecule has 57 heavy (non-hydrogen) atoms. The van der Waals surface area contributed by atoms with Gasteiger partial charge in [-0.3, -0.25) is 9.30 Å². The number of benzene rings is 7. The summed E-state index contributed by atoms with van der Waals surface area (Å²) in [7, 11) is -3.11. The highest BCUT2D eigenvalue weighted by atomic mass is 28.3. The zero-order chi connectivity index (χ0) is 37.5. The average Bonchev–Trinajstić information content (AvgIpc) is 3.93. The molecule has 0 atom stereocenters. The highest BCUT2D eigenvalue weighted by Crippen LogP contribution is 2.46. The van der Waals surface area contributed by atoms with Crippen molar-refractivity contribution in [3.05, 3.63) is 195 Å². The quantitative estimate of drug-likeness (QED) is 0.130. The Bertz CT molecular complexity index is 3300. The molecule has 6 nitrogen and oxygen atoms in total. The number of para-hydroxylation sites is 3. The van der Waals surface area contributed by atoms with Gasteiger partial charge >= 0.3 is 0 Å². The predicted octanol–water partition coefficient (Wildman–Crippen LogP) is 9.89. The lowest BCUT2D eigenvalue weighted by Gasteiger charge is -2.44. The molecule has 0 spiro atoms. The maximum atomic E-state index is 7.19. The molecule has 5 heterocycles. The normalized spacial score (nSPS) is 13.4. The fraction of sp³-hybridized carbons (Fsp3) is 0. The van der Waals surface area contributed by atoms with Gasteiger partial charge in [0.25, 0.3) is 0 Å². The van der Waals surface area contributed by atoms with Crippen LogP contribution in [0.4, 0.5) is 17.2 Å². The molecule has 0 amide bonds. The van der Waals surface area contributed by atoms with Gasteiger partial charge < -0.3 is 9.15 Å². The summed E-state index contributed by atoms with van der Waals surface area (Å²) in [5, 5.41) is 10.2. The minimum atomic E-state index is -3.11. The topological polar surface area (TPSA) is 55.8 Å². The molecule has 0 saturated carbocycles. The van der Waals surface area contributed by atoms with Crippen molar-refractivity contribution >= 4 is 95.3 Å². The summed E-state index contributed by atoms with van der Waals surface area (Å²) in [5.41, 5.74) is 5.70. The van der Waals surface area contributed by atoms with E-state index in [0.29, 0.717) is 11.5 Å². The number of hydrogen-bond acceptors (Lipinski definition) is 5. The highest BCUT2D eigenvalue weighted by molar-refractivity contribution is 7.22. The van der Waals surface area contributed by atoms with Crippen LogP contribution in [0.2, 0.25) is 0 Å². The minimum Gasteiger partial charge on any atom is -0.456 e. The molecule has 12 rings (SSSR count). The summed E-state index contributed by atoms with van der Waals surface area (Å²) in [6.45, 7) is 0. The highest BCUT2D eigenvalue weighted by Gasteiger charge is 2.51. The van der Waals surface area contributed by atoms with E-state index in [4.69, 9.17) is 19.1 Å². The smallest absolute Gasteiger partial charge is 0.188 e. The van der Waals surface area contributed by atoms with Crippen molar-refractivity contribution in [2.75, 3.05) is 4.90 Å². The Morgan fingerprint density at radius 3 is 2.07 bits per heavy atom. The van der Waals surface area contributed by atoms with E-state index in [1.54, 1.807) is 0 Å². The van der Waals surface area contributed by atoms with Crippen molar-refractivity contribution in [2.24, 2.45) is 0 Å². The van der Waals surface area contributed by atoms with Gasteiger partial charge in [-0.1, -0.05) is 121 Å². The van der Waals surface area contributed by atoms with Gasteiger partial charge in [-0.25, -0.2) is 9.97 Å². The number of hydrogen-bond donors (Lipinski definition) is 0. The Balaban J connectivity index is 1.21. The lowest BCUT2D eigenvalue weighted by atomic mass is 10.1. The van der Waals surface area contributed by atoms with Gasteiger partial charge in [-0.15, -0.1) is 0 Å². The number of rotatable bonds is 5. The zero-order valence-electron chi connectivity index (χ0n) is 30.6. The Hall–Kier alpha value is -7.48. The van der Waals surface area contributed by atoms with Crippen LogP contribution in [0.1, 0.15) is 0 Å². The third-order valence-electron chi connectivity index (χ3n) is 11.6. The molecule has 1 aliphatic rings. The molecule has 0 bridgehead atoms. The van der Waals surface area contributed by atoms with E-state index in [0.717, 1.165) is 71.6 Å². The fourth-order valence-electron chi connectivity index (χ4n) is 9.34. The summed E-state index contributed by atoms with van der Waals surface area (Å²) in [6.07, 6.45) is 5.74. The Morgan fingerprint density at radius 2 is 1.26 bits per heavy atom. The van der Waals surface area contributed by atoms with E-state index >= 15 is 0 Å². The number of pyridine rings is 2. The first-order valence-electron chi connectivity index (χ1n) is 19.1. The van der Waals surface area contributed by atoms with Crippen LogP contribution in [0.5, 0.6) is 11.5 Å². The van der Waals surface area contributed by atoms with Crippen molar-refractivity contribution in [2.45, 2.75) is 0 Å². The lowest BCUT2D eigenvalue weighted by Crippen LogP contribution is -2.77. The van der Waals surface area contributed by atoms with E-state index in [9.17, 15) is 0 Å². The molecule has 1 aliphatic heterocycles. The van der Waals surface area contributed by atoms with Crippen molar-refractivity contribution < 1.29 is 9.15 Å². The number of imidazole rings is 1. The first kappa shape index (κ1) is 31.8. The van der Waals surface area contributed by atoms with Gasteiger partial charge in [0.1, 0.15) is 34.1 Å². The molecule has 268 valence electrons. The largest absolute Gasteiger partial charge is 0.456 e. The molecule has 0 N–H and O–H groups in total. The minimum absolute atomic E-state index is 0.706. The lowest BCUT2D eigenvalue weighted by molar-refractivity contribution is 0.489. The SMILES string of the molecule is c1ccc([Si]2(c3ccccc3)c3ccccc3N(c3ccccn3)c3cc(Oc4ccc5c6ccccc6n6ccnc6c5c4)c4c(oc5ccccc54)c32)cc1. The molecule has 0 saturated heterocycles. The summed E-state index contributed by atoms with van der Waals surface area (Å²) >= 11 is 0. The maximum absolute atomic E-state index is 7.19. The second-order valence-electron chi connectivity index (χ2n) is 14.5. The first-order valence-corrected chi connectivity index (χ1v) is 21.1. The van der Waals surface area contributed by atoms with Gasteiger partial charge in [0, 0.05) is 51.7 Å². The van der Waals surface area contributed by atoms with Crippen LogP contribution in [0, 0.1) is 0 Å². The Labute approximate surface area is 328 Å². The van der Waals surface area contributed by atoms with Crippen molar-refractivity contribution in [1.82, 2.24) is 14.4 Å². The molecular weight excluding hydrogens is 717 g/mol. The van der Waals surface area contributed by atoms with Gasteiger partial charge in [0.2, 0.25) is 0 Å². The third kappa shape index (κ3) is 4.51. The summed E-state index contributed by atoms with van der Waals surface area (Å²) in [4.78, 5) is 12.1. The summed E-state index contributed by atoms with van der Waals surface area (Å²) in [5.74, 6) is 2.23. The maximum Gasteiger partial charge on any atom is 0.188 e. The summed E-state index contributed by atoms with van der Waals surface area (Å²) in [6, 6.07) is 62.3. The molecular formula is C50H32N4O2Si. The van der Waals surface area contributed by atoms with E-state index in [2.05, 4.69) is 167 Å². The van der Waals surface area contributed by atoms with Gasteiger partial charge in [-0.05, 0) is 69.5 Å². The first-order chi connectivity index (χ1) is 28.3. The van der Waals surface area contributed by atoms with Crippen LogP contribution in [0.3, 0.4) is 0 Å². The number of fused-ring (bicyclic) bond motifs is 12. The predicted molar refractivity (Wildman–Crippen MR) is 234 cm³/mol. The number of furan rings is 1. The Kier molecular flexibility index (Phi) is 6.85. The van der Waals surface area contributed by atoms with Crippen LogP contribution in [-0.2, 0) is 0 Å². The Morgan fingerprint density at radius 1 is 0.544 bits per heavy atom. The zero-order valence-corrected chi connectivity index (χ0v) is 31.6. The number of ether oxygens (including phenoxy) is 1. The fourth-order valence-corrected chi connectivity index (χ4v) is 14.5. The summed E-state index contributed by atoms with van der Waals surface area (Å²) < 4.78 is 16.5. The molecule has 0 fully saturated rings. The van der Waals surface area contributed by atoms with Crippen LogP contribution in [0.15, 0.2) is 199 Å². The van der Waals surface area contributed by atoms with E-state index in [1.807, 2.05) is 36.8 Å². The van der Waals surface area contributed by atoms with Gasteiger partial charge in [0.15, 0.2) is 8.07 Å². The molecule has 7 aromatic carbocycles. The van der Waals surface area contributed by atoms with Gasteiger partial charge in [0.05, 0.1) is 16.6 Å². The molecule has 4 aromatic heterocycles. The number of nitrogens with zero attached hydrogens (tertiary/aromatic N) is 4. The van der Waals surface area contributed by atoms with Gasteiger partial charge in [-0.2, -0.15) is 0 Å². The molecule has 0 radical (unpaired) electrons. The number of anilines is 3. The van der Waals surface area contributed by atoms with Crippen LogP contribution < -0.4 is 30.4 Å². The molecule has 7 heteroatoms. The standard InChI is InChI=1S/C50H32N4O2Si/c1-3-15-34(16-4-1)57(35-17-5-2-6-18-35)45-24-12-10-22-41(45)54(46-25-13-14-28-51-46)42-32-44(47-38-20-8-11-23-43(38)56-48(47)49(42)57)55-33-26-27-36-37-19-7-9-21-40(37)53-30-29-52-50(53)39(36)31-33/h1-32H. The molecule has 0 aliphatic carbocycles. The van der Waals surface area contributed by atoms with E-state index in [-0.39, 0.29) is 0 Å². The van der Waals surface area contributed by atoms with Crippen LogP contribution >= 0.6 is 0 Å². The number of aromatic nitrogens is 3. The van der Waals surface area contributed by atoms with Crippen molar-refractivity contribution in [3.63, 3.8) is 0 Å².